The minimum absolute atomic E-state index is 0.184. The van der Waals surface area contributed by atoms with Crippen molar-refractivity contribution in [3.63, 3.8) is 0 Å². The highest BCUT2D eigenvalue weighted by atomic mass is 16.5. The van der Waals surface area contributed by atoms with Crippen LogP contribution < -0.4 is 19.7 Å². The van der Waals surface area contributed by atoms with Crippen LogP contribution in [-0.4, -0.2) is 30.9 Å². The van der Waals surface area contributed by atoms with E-state index >= 15 is 0 Å². The minimum Gasteiger partial charge on any atom is -0.495 e. The largest absolute Gasteiger partial charge is 0.495 e. The minimum atomic E-state index is -0.884. The summed E-state index contributed by atoms with van der Waals surface area (Å²) in [6.07, 6.45) is 1.27. The highest BCUT2D eigenvalue weighted by molar-refractivity contribution is 6.39. The van der Waals surface area contributed by atoms with E-state index in [0.29, 0.717) is 11.3 Å². The molecule has 0 unspecified atom stereocenters. The topological polar surface area (TPSA) is 102 Å². The zero-order chi connectivity index (χ0) is 20.3. The van der Waals surface area contributed by atoms with Gasteiger partial charge in [0.15, 0.2) is 0 Å². The summed E-state index contributed by atoms with van der Waals surface area (Å²) in [5.41, 5.74) is 0.245. The SMILES string of the molecule is COc1ccccc1N1C(=O)NC(=O)/C(=C/c2ccccc2OC(C)=O)C1=O. The number of ether oxygens (including phenoxy) is 2. The number of imide groups is 2. The second-order valence-electron chi connectivity index (χ2n) is 5.76. The van der Waals surface area contributed by atoms with Gasteiger partial charge in [0.05, 0.1) is 12.8 Å². The Morgan fingerprint density at radius 2 is 1.64 bits per heavy atom. The molecule has 0 radical (unpaired) electrons. The van der Waals surface area contributed by atoms with Crippen LogP contribution in [0, 0.1) is 0 Å². The molecule has 2 aromatic carbocycles. The van der Waals surface area contributed by atoms with Crippen molar-refractivity contribution >= 4 is 35.6 Å². The van der Waals surface area contributed by atoms with Crippen LogP contribution in [0.25, 0.3) is 6.08 Å². The van der Waals surface area contributed by atoms with E-state index in [0.717, 1.165) is 4.90 Å². The van der Waals surface area contributed by atoms with Crippen molar-refractivity contribution in [2.45, 2.75) is 6.92 Å². The van der Waals surface area contributed by atoms with Crippen molar-refractivity contribution in [1.29, 1.82) is 0 Å². The fraction of sp³-hybridized carbons (Fsp3) is 0.100. The number of rotatable bonds is 4. The maximum Gasteiger partial charge on any atom is 0.336 e. The van der Waals surface area contributed by atoms with Crippen molar-refractivity contribution in [1.82, 2.24) is 5.32 Å². The molecule has 1 saturated heterocycles. The quantitative estimate of drug-likeness (QED) is 0.378. The summed E-state index contributed by atoms with van der Waals surface area (Å²) in [4.78, 5) is 49.7. The Morgan fingerprint density at radius 1 is 1.00 bits per heavy atom. The maximum atomic E-state index is 13.0. The van der Waals surface area contributed by atoms with Gasteiger partial charge in [0.25, 0.3) is 11.8 Å². The molecule has 0 aromatic heterocycles. The Balaban J connectivity index is 2.06. The lowest BCUT2D eigenvalue weighted by molar-refractivity contribution is -0.132. The molecule has 4 amide bonds. The molecule has 0 aliphatic carbocycles. The summed E-state index contributed by atoms with van der Waals surface area (Å²) in [6, 6.07) is 12.0. The summed E-state index contributed by atoms with van der Waals surface area (Å²) in [6.45, 7) is 1.24. The van der Waals surface area contributed by atoms with Crippen molar-refractivity contribution in [3.05, 3.63) is 59.7 Å². The highest BCUT2D eigenvalue weighted by Crippen LogP contribution is 2.31. The summed E-state index contributed by atoms with van der Waals surface area (Å²) in [7, 11) is 1.41. The predicted octanol–water partition coefficient (Wildman–Crippen LogP) is 2.29. The highest BCUT2D eigenvalue weighted by Gasteiger charge is 2.38. The number of para-hydroxylation sites is 3. The van der Waals surface area contributed by atoms with Crippen molar-refractivity contribution in [2.24, 2.45) is 0 Å². The molecule has 1 heterocycles. The van der Waals surface area contributed by atoms with Gasteiger partial charge in [0, 0.05) is 12.5 Å². The first-order valence-corrected chi connectivity index (χ1v) is 8.24. The van der Waals surface area contributed by atoms with E-state index in [-0.39, 0.29) is 17.0 Å². The lowest BCUT2D eigenvalue weighted by Crippen LogP contribution is -2.54. The number of esters is 1. The molecule has 0 saturated carbocycles. The van der Waals surface area contributed by atoms with Crippen LogP contribution in [0.1, 0.15) is 12.5 Å². The van der Waals surface area contributed by atoms with Gasteiger partial charge in [0.1, 0.15) is 17.1 Å². The number of anilines is 1. The number of benzene rings is 2. The Labute approximate surface area is 160 Å². The lowest BCUT2D eigenvalue weighted by atomic mass is 10.1. The Morgan fingerprint density at radius 3 is 2.32 bits per heavy atom. The number of hydrogen-bond acceptors (Lipinski definition) is 6. The number of barbiturate groups is 1. The molecular weight excluding hydrogens is 364 g/mol. The summed E-state index contributed by atoms with van der Waals surface area (Å²) in [5, 5.41) is 2.14. The summed E-state index contributed by atoms with van der Waals surface area (Å²) >= 11 is 0. The van der Waals surface area contributed by atoms with Crippen LogP contribution in [0.15, 0.2) is 54.1 Å². The van der Waals surface area contributed by atoms with Gasteiger partial charge in [-0.15, -0.1) is 0 Å². The molecule has 28 heavy (non-hydrogen) atoms. The van der Waals surface area contributed by atoms with Gasteiger partial charge < -0.3 is 9.47 Å². The van der Waals surface area contributed by atoms with E-state index in [9.17, 15) is 19.2 Å². The average molecular weight is 380 g/mol. The molecule has 2 aromatic rings. The van der Waals surface area contributed by atoms with Crippen molar-refractivity contribution in [2.75, 3.05) is 12.0 Å². The van der Waals surface area contributed by atoms with Crippen LogP contribution >= 0.6 is 0 Å². The molecule has 0 spiro atoms. The fourth-order valence-electron chi connectivity index (χ4n) is 2.69. The zero-order valence-electron chi connectivity index (χ0n) is 15.1. The molecular formula is C20H16N2O6. The van der Waals surface area contributed by atoms with E-state index < -0.39 is 23.8 Å². The van der Waals surface area contributed by atoms with E-state index in [1.54, 1.807) is 36.4 Å². The third-order valence-electron chi connectivity index (χ3n) is 3.90. The number of hydrogen-bond donors (Lipinski definition) is 1. The standard InChI is InChI=1S/C20H16N2O6/c1-12(23)28-16-9-5-3-7-13(16)11-14-18(24)21-20(26)22(19(14)25)15-8-4-6-10-17(15)27-2/h3-11H,1-2H3,(H,21,24,26)/b14-11-. The Kier molecular flexibility index (Phi) is 5.21. The van der Waals surface area contributed by atoms with Crippen LogP contribution in [-0.2, 0) is 14.4 Å². The molecule has 142 valence electrons. The first kappa shape index (κ1) is 18.8. The molecule has 0 bridgehead atoms. The fourth-order valence-corrected chi connectivity index (χ4v) is 2.69. The normalized spacial score (nSPS) is 15.4. The molecule has 1 fully saturated rings. The van der Waals surface area contributed by atoms with E-state index in [4.69, 9.17) is 9.47 Å². The molecule has 0 atom stereocenters. The van der Waals surface area contributed by atoms with Gasteiger partial charge in [0.2, 0.25) is 0 Å². The summed E-state index contributed by atoms with van der Waals surface area (Å²) in [5.74, 6) is -1.74. The smallest absolute Gasteiger partial charge is 0.336 e. The molecule has 3 rings (SSSR count). The van der Waals surface area contributed by atoms with Crippen molar-refractivity contribution in [3.8, 4) is 11.5 Å². The number of methoxy groups -OCH3 is 1. The zero-order valence-corrected chi connectivity index (χ0v) is 15.1. The number of carbonyl (C=O) groups is 4. The van der Waals surface area contributed by atoms with Gasteiger partial charge >= 0.3 is 12.0 Å². The number of nitrogens with zero attached hydrogens (tertiary/aromatic N) is 1. The number of urea groups is 1. The maximum absolute atomic E-state index is 13.0. The van der Waals surface area contributed by atoms with Gasteiger partial charge in [-0.3, -0.25) is 19.7 Å². The van der Waals surface area contributed by atoms with Gasteiger partial charge in [-0.25, -0.2) is 9.69 Å². The second kappa shape index (κ2) is 7.75. The van der Waals surface area contributed by atoms with Crippen LogP contribution in [0.3, 0.4) is 0 Å². The Bertz CT molecular complexity index is 1010. The second-order valence-corrected chi connectivity index (χ2v) is 5.76. The lowest BCUT2D eigenvalue weighted by Gasteiger charge is -2.27. The monoisotopic (exact) mass is 380 g/mol. The number of carbonyl (C=O) groups excluding carboxylic acids is 4. The molecule has 1 aliphatic heterocycles. The third-order valence-corrected chi connectivity index (χ3v) is 3.90. The molecule has 1 N–H and O–H groups in total. The van der Waals surface area contributed by atoms with Gasteiger partial charge in [-0.1, -0.05) is 30.3 Å². The first-order valence-electron chi connectivity index (χ1n) is 8.24. The van der Waals surface area contributed by atoms with Crippen LogP contribution in [0.4, 0.5) is 10.5 Å². The average Bonchev–Trinajstić information content (AvgIpc) is 2.66. The Hall–Kier alpha value is -3.94. The molecule has 1 aliphatic rings. The number of nitrogens with one attached hydrogen (secondary N) is 1. The van der Waals surface area contributed by atoms with Crippen LogP contribution in [0.5, 0.6) is 11.5 Å². The third kappa shape index (κ3) is 3.61. The van der Waals surface area contributed by atoms with Crippen LogP contribution in [0.2, 0.25) is 0 Å². The van der Waals surface area contributed by atoms with E-state index in [1.165, 1.54) is 32.2 Å². The first-order chi connectivity index (χ1) is 13.4. The van der Waals surface area contributed by atoms with E-state index in [1.807, 2.05) is 0 Å². The van der Waals surface area contributed by atoms with Gasteiger partial charge in [-0.2, -0.15) is 0 Å². The molecule has 8 nitrogen and oxygen atoms in total. The summed E-state index contributed by atoms with van der Waals surface area (Å²) < 4.78 is 10.3. The predicted molar refractivity (Wildman–Crippen MR) is 99.7 cm³/mol. The van der Waals surface area contributed by atoms with Gasteiger partial charge in [-0.05, 0) is 24.3 Å². The number of amides is 4. The van der Waals surface area contributed by atoms with Crippen molar-refractivity contribution < 1.29 is 28.7 Å². The molecule has 8 heteroatoms. The van der Waals surface area contributed by atoms with E-state index in [2.05, 4.69) is 5.32 Å².